The number of carbonyl (C=O) groups is 2. The molecule has 0 spiro atoms. The van der Waals surface area contributed by atoms with Gasteiger partial charge in [0.05, 0.1) is 5.02 Å². The number of ether oxygens (including phenoxy) is 1. The average Bonchev–Trinajstić information content (AvgIpc) is 2.90. The first-order chi connectivity index (χ1) is 17.4. The molecule has 4 rings (SSSR count). The van der Waals surface area contributed by atoms with Crippen molar-refractivity contribution in [3.8, 4) is 5.75 Å². The van der Waals surface area contributed by atoms with Crippen molar-refractivity contribution in [1.29, 1.82) is 0 Å². The summed E-state index contributed by atoms with van der Waals surface area (Å²) in [5, 5.41) is 3.71. The van der Waals surface area contributed by atoms with Crippen molar-refractivity contribution in [2.75, 3.05) is 36.4 Å². The van der Waals surface area contributed by atoms with Crippen LogP contribution in [0.4, 0.5) is 11.4 Å². The van der Waals surface area contributed by atoms with Crippen molar-refractivity contribution in [2.24, 2.45) is 0 Å². The van der Waals surface area contributed by atoms with Crippen molar-refractivity contribution in [3.05, 3.63) is 94.5 Å². The van der Waals surface area contributed by atoms with Gasteiger partial charge in [-0.1, -0.05) is 53.5 Å². The number of hydrogen-bond donors (Lipinski definition) is 1. The summed E-state index contributed by atoms with van der Waals surface area (Å²) in [6, 6.07) is 22.3. The molecular weight excluding hydrogens is 497 g/mol. The summed E-state index contributed by atoms with van der Waals surface area (Å²) >= 11 is 12.0. The molecule has 36 heavy (non-hydrogen) atoms. The zero-order valence-electron chi connectivity index (χ0n) is 19.9. The smallest absolute Gasteiger partial charge is 0.265 e. The monoisotopic (exact) mass is 523 g/mol. The quantitative estimate of drug-likeness (QED) is 0.400. The molecule has 1 fully saturated rings. The molecule has 1 N–H and O–H groups in total. The van der Waals surface area contributed by atoms with Crippen LogP contribution >= 0.6 is 23.2 Å². The maximum Gasteiger partial charge on any atom is 0.265 e. The molecular formula is C28H27Cl2N3O3. The van der Waals surface area contributed by atoms with Crippen LogP contribution in [-0.2, 0) is 9.59 Å². The molecule has 1 aliphatic rings. The lowest BCUT2D eigenvalue weighted by Gasteiger charge is -2.35. The van der Waals surface area contributed by atoms with E-state index in [4.69, 9.17) is 27.9 Å². The highest BCUT2D eigenvalue weighted by Crippen LogP contribution is 2.28. The minimum absolute atomic E-state index is 0.0211. The minimum atomic E-state index is -0.745. The molecule has 1 heterocycles. The minimum Gasteiger partial charge on any atom is -0.479 e. The third-order valence-electron chi connectivity index (χ3n) is 5.88. The van der Waals surface area contributed by atoms with Crippen LogP contribution in [0.2, 0.25) is 10.0 Å². The van der Waals surface area contributed by atoms with Gasteiger partial charge in [-0.25, -0.2) is 0 Å². The van der Waals surface area contributed by atoms with E-state index in [0.717, 1.165) is 24.3 Å². The molecule has 2 amide bonds. The molecule has 0 bridgehead atoms. The van der Waals surface area contributed by atoms with Crippen molar-refractivity contribution in [2.45, 2.75) is 13.0 Å². The number of hydrogen-bond acceptors (Lipinski definition) is 4. The highest BCUT2D eigenvalue weighted by Gasteiger charge is 2.20. The lowest BCUT2D eigenvalue weighted by atomic mass is 10.2. The fraction of sp³-hybridized carbons (Fsp3) is 0.214. The van der Waals surface area contributed by atoms with E-state index in [1.165, 1.54) is 0 Å². The van der Waals surface area contributed by atoms with Gasteiger partial charge in [0, 0.05) is 48.7 Å². The third-order valence-corrected chi connectivity index (χ3v) is 6.41. The summed E-state index contributed by atoms with van der Waals surface area (Å²) in [5.74, 6) is 0.129. The molecule has 1 saturated heterocycles. The van der Waals surface area contributed by atoms with Gasteiger partial charge in [-0.2, -0.15) is 0 Å². The Balaban J connectivity index is 1.26. The van der Waals surface area contributed by atoms with Crippen LogP contribution < -0.4 is 15.0 Å². The molecule has 1 atom stereocenters. The number of amides is 2. The third kappa shape index (κ3) is 6.80. The van der Waals surface area contributed by atoms with Crippen LogP contribution in [0.1, 0.15) is 12.5 Å². The van der Waals surface area contributed by atoms with E-state index in [9.17, 15) is 9.59 Å². The van der Waals surface area contributed by atoms with Crippen molar-refractivity contribution < 1.29 is 14.3 Å². The van der Waals surface area contributed by atoms with E-state index in [1.807, 2.05) is 65.6 Å². The topological polar surface area (TPSA) is 61.9 Å². The molecule has 3 aromatic rings. The predicted octanol–water partition coefficient (Wildman–Crippen LogP) is 5.76. The number of anilines is 2. The Morgan fingerprint density at radius 1 is 0.944 bits per heavy atom. The van der Waals surface area contributed by atoms with Gasteiger partial charge < -0.3 is 19.9 Å². The van der Waals surface area contributed by atoms with Gasteiger partial charge in [-0.3, -0.25) is 9.59 Å². The van der Waals surface area contributed by atoms with Gasteiger partial charge in [0.25, 0.3) is 5.91 Å². The first kappa shape index (κ1) is 25.6. The summed E-state index contributed by atoms with van der Waals surface area (Å²) in [6.07, 6.45) is 2.73. The molecule has 8 heteroatoms. The number of benzene rings is 3. The van der Waals surface area contributed by atoms with E-state index in [0.29, 0.717) is 34.6 Å². The van der Waals surface area contributed by atoms with Crippen LogP contribution in [0.15, 0.2) is 78.9 Å². The largest absolute Gasteiger partial charge is 0.479 e. The summed E-state index contributed by atoms with van der Waals surface area (Å²) in [7, 11) is 0. The lowest BCUT2D eigenvalue weighted by Crippen LogP contribution is -2.48. The van der Waals surface area contributed by atoms with Gasteiger partial charge in [-0.05, 0) is 61.0 Å². The van der Waals surface area contributed by atoms with Crippen LogP contribution in [-0.4, -0.2) is 49.0 Å². The number of nitrogens with one attached hydrogen (secondary N) is 1. The van der Waals surface area contributed by atoms with Gasteiger partial charge in [-0.15, -0.1) is 0 Å². The molecule has 1 unspecified atom stereocenters. The summed E-state index contributed by atoms with van der Waals surface area (Å²) in [4.78, 5) is 29.2. The highest BCUT2D eigenvalue weighted by molar-refractivity contribution is 6.35. The first-order valence-corrected chi connectivity index (χ1v) is 12.4. The molecule has 0 radical (unpaired) electrons. The van der Waals surface area contributed by atoms with E-state index < -0.39 is 6.10 Å². The lowest BCUT2D eigenvalue weighted by molar-refractivity contribution is -0.126. The molecule has 6 nitrogen and oxygen atoms in total. The second-order valence-corrected chi connectivity index (χ2v) is 9.27. The van der Waals surface area contributed by atoms with Crippen LogP contribution in [0.25, 0.3) is 6.08 Å². The van der Waals surface area contributed by atoms with Gasteiger partial charge in [0.15, 0.2) is 6.10 Å². The zero-order valence-corrected chi connectivity index (χ0v) is 21.4. The van der Waals surface area contributed by atoms with Gasteiger partial charge in [0.1, 0.15) is 5.75 Å². The van der Waals surface area contributed by atoms with Gasteiger partial charge in [0.2, 0.25) is 5.91 Å². The van der Waals surface area contributed by atoms with E-state index in [-0.39, 0.29) is 11.8 Å². The fourth-order valence-electron chi connectivity index (χ4n) is 3.84. The maximum absolute atomic E-state index is 12.6. The average molecular weight is 524 g/mol. The fourth-order valence-corrected chi connectivity index (χ4v) is 4.29. The summed E-state index contributed by atoms with van der Waals surface area (Å²) in [5.41, 5.74) is 2.71. The standard InChI is InChI=1S/C28H27Cl2N3O3/c1-20(36-26-13-8-22(29)19-25(26)30)28(35)31-23-9-11-24(12-10-23)32-15-17-33(18-16-32)27(34)14-7-21-5-3-2-4-6-21/h2-14,19-20H,15-18H2,1H3,(H,31,35)/b14-7+. The number of halogens is 2. The second kappa shape index (κ2) is 12.0. The Morgan fingerprint density at radius 2 is 1.64 bits per heavy atom. The molecule has 0 saturated carbocycles. The normalized spacial score (nSPS) is 14.5. The second-order valence-electron chi connectivity index (χ2n) is 8.43. The van der Waals surface area contributed by atoms with Crippen molar-refractivity contribution in [1.82, 2.24) is 4.90 Å². The SMILES string of the molecule is CC(Oc1ccc(Cl)cc1Cl)C(=O)Nc1ccc(N2CCN(C(=O)/C=C/c3ccccc3)CC2)cc1. The molecule has 0 aliphatic carbocycles. The molecule has 0 aromatic heterocycles. The zero-order chi connectivity index (χ0) is 25.5. The van der Waals surface area contributed by atoms with Crippen LogP contribution in [0.3, 0.4) is 0 Å². The predicted molar refractivity (Wildman–Crippen MR) is 146 cm³/mol. The molecule has 186 valence electrons. The number of rotatable bonds is 7. The van der Waals surface area contributed by atoms with Crippen molar-refractivity contribution in [3.63, 3.8) is 0 Å². The van der Waals surface area contributed by atoms with Crippen LogP contribution in [0, 0.1) is 0 Å². The Morgan fingerprint density at radius 3 is 2.31 bits per heavy atom. The Hall–Kier alpha value is -3.48. The van der Waals surface area contributed by atoms with E-state index >= 15 is 0 Å². The summed E-state index contributed by atoms with van der Waals surface area (Å²) in [6.45, 7) is 4.44. The number of carbonyl (C=O) groups excluding carboxylic acids is 2. The number of nitrogens with zero attached hydrogens (tertiary/aromatic N) is 2. The van der Waals surface area contributed by atoms with Crippen molar-refractivity contribution >= 4 is 52.5 Å². The maximum atomic E-state index is 12.6. The van der Waals surface area contributed by atoms with E-state index in [2.05, 4.69) is 10.2 Å². The summed E-state index contributed by atoms with van der Waals surface area (Å²) < 4.78 is 5.68. The van der Waals surface area contributed by atoms with E-state index in [1.54, 1.807) is 31.2 Å². The Labute approximate surface area is 221 Å². The Bertz CT molecular complexity index is 1220. The van der Waals surface area contributed by atoms with Crippen LogP contribution in [0.5, 0.6) is 5.75 Å². The molecule has 1 aliphatic heterocycles. The first-order valence-electron chi connectivity index (χ1n) is 11.7. The molecule has 3 aromatic carbocycles. The van der Waals surface area contributed by atoms with Gasteiger partial charge >= 0.3 is 0 Å². The number of piperazine rings is 1. The Kier molecular flexibility index (Phi) is 8.52. The highest BCUT2D eigenvalue weighted by atomic mass is 35.5.